The van der Waals surface area contributed by atoms with Gasteiger partial charge < -0.3 is 39.9 Å². The van der Waals surface area contributed by atoms with Gasteiger partial charge in [-0.25, -0.2) is 0 Å². The second-order valence-corrected chi connectivity index (χ2v) is 54.2. The van der Waals surface area contributed by atoms with Crippen LogP contribution in [-0.2, 0) is 93.3 Å². The predicted octanol–water partition coefficient (Wildman–Crippen LogP) is 27.1. The van der Waals surface area contributed by atoms with Gasteiger partial charge in [-0.05, 0) is 145 Å². The van der Waals surface area contributed by atoms with Gasteiger partial charge in [0, 0.05) is 146 Å². The Morgan fingerprint density at radius 2 is 0.669 bits per heavy atom. The summed E-state index contributed by atoms with van der Waals surface area (Å²) in [6.45, 7) is 38.7. The van der Waals surface area contributed by atoms with E-state index in [1.54, 1.807) is 36.7 Å². The van der Waals surface area contributed by atoms with Gasteiger partial charge in [-0.15, -0.1) is 287 Å². The largest absolute Gasteiger partial charge is 0.305 e. The van der Waals surface area contributed by atoms with Crippen molar-refractivity contribution in [3.05, 3.63) is 411 Å². The minimum atomic E-state index is -1.48. The molecule has 0 bridgehead atoms. The van der Waals surface area contributed by atoms with E-state index in [-0.39, 0.29) is 175 Å². The van der Waals surface area contributed by atoms with Crippen LogP contribution in [0.4, 0.5) is 0 Å². The van der Waals surface area contributed by atoms with Crippen LogP contribution in [0.25, 0.3) is 90.1 Å². The van der Waals surface area contributed by atoms with Gasteiger partial charge in [-0.3, -0.25) is 0 Å². The first kappa shape index (κ1) is 73.0. The number of rotatable bonds is 17. The van der Waals surface area contributed by atoms with E-state index < -0.39 is 129 Å². The topological polar surface area (TPSA) is 103 Å². The summed E-state index contributed by atoms with van der Waals surface area (Å²) in [4.78, 5) is 34.0. The zero-order valence-electron chi connectivity index (χ0n) is 104. The summed E-state index contributed by atoms with van der Waals surface area (Å²) in [7, 11) is -5.86. The molecule has 0 N–H and O–H groups in total. The van der Waals surface area contributed by atoms with Crippen molar-refractivity contribution in [2.45, 2.75) is 164 Å². The minimum Gasteiger partial charge on any atom is -0.305 e. The molecule has 0 spiro atoms. The van der Waals surface area contributed by atoms with E-state index >= 15 is 0 Å². The predicted molar refractivity (Wildman–Crippen MR) is 543 cm³/mol. The first-order chi connectivity index (χ1) is 72.1. The molecule has 1 saturated carbocycles. The third-order valence-electron chi connectivity index (χ3n) is 19.5. The molecule has 0 unspecified atom stereocenters. The Balaban J connectivity index is 0.000000276. The summed E-state index contributed by atoms with van der Waals surface area (Å²) in [5.41, 5.74) is 14.0. The zero-order valence-corrected chi connectivity index (χ0v) is 89.6. The molecule has 678 valence electrons. The number of hydrogen-bond donors (Lipinski definition) is 0. The molecule has 8 nitrogen and oxygen atoms in total. The second-order valence-electron chi connectivity index (χ2n) is 34.0. The summed E-state index contributed by atoms with van der Waals surface area (Å²) in [6, 6.07) is 57.6. The molecule has 8 aromatic carbocycles. The smallest absolute Gasteiger partial charge is 0.0830 e. The molecule has 1 aliphatic carbocycles. The Hall–Kier alpha value is -9.58. The second kappa shape index (κ2) is 55.7. The molecular formula is C114H122Ir4N8Si4-8. The zero-order chi connectivity index (χ0) is 114. The van der Waals surface area contributed by atoms with Crippen LogP contribution in [0, 0.1) is 54.4 Å². The van der Waals surface area contributed by atoms with Gasteiger partial charge in [-0.1, -0.05) is 221 Å². The average molecular weight is 2510 g/mol. The summed E-state index contributed by atoms with van der Waals surface area (Å²) in [5, 5.41) is 5.49. The molecular weight excluding hydrogens is 2360 g/mol. The van der Waals surface area contributed by atoms with E-state index in [0.717, 1.165) is 58.1 Å². The van der Waals surface area contributed by atoms with Crippen molar-refractivity contribution in [1.82, 2.24) is 39.9 Å². The maximum Gasteiger partial charge on any atom is 0.0830 e. The normalized spacial score (nSPS) is 14.4. The van der Waals surface area contributed by atoms with E-state index in [4.69, 9.17) is 38.4 Å². The maximum atomic E-state index is 7.86. The van der Waals surface area contributed by atoms with Gasteiger partial charge >= 0.3 is 0 Å². The van der Waals surface area contributed by atoms with Crippen LogP contribution in [0.5, 0.6) is 0 Å². The SMILES string of the molecule is [2H]c1[c-]c(-c2cc(C(C)C)c([Si](C)(C)C)cn2)cc([2H])c1[2H].[2H]c1[c-]c(-c2cc(C3CCCC3)c([Si](C)(C)C)cn2)cc([2H])c1[2H].[2H]c1[c-]c(-c2cc(CC(C)C)c([Si](C)(C)C)cn2)cc([2H])c1[2H].[2H]c1[c-]c(-c2cc(CC)c([Si](C)(C)C)cn2)cc([2H])c1[2H].[2H]c1[c-]c(-c2nc([2H])c([2H])c([2H])c2[2H])c([2H])c([2H])c1[2H].[2H]c1[c-]c(-c2nc([2H])c([2H])c([2H])c2[2H])c([2H])c([2H])c1[2H].[Ir].[Ir].[Ir].[Ir].[c-]1ccccc1-c1ccccn1.[c-]1ccccc1-c1ccccn1. The molecule has 0 atom stereocenters. The van der Waals surface area contributed by atoms with Gasteiger partial charge in [0.15, 0.2) is 0 Å². The van der Waals surface area contributed by atoms with E-state index in [2.05, 4.69) is 220 Å². The Bertz CT molecular complexity index is 7180. The van der Waals surface area contributed by atoms with Gasteiger partial charge in [0.1, 0.15) is 0 Å². The van der Waals surface area contributed by atoms with Crippen LogP contribution in [0.3, 0.4) is 0 Å². The number of pyridine rings is 8. The van der Waals surface area contributed by atoms with Crippen LogP contribution in [-0.4, -0.2) is 72.2 Å². The van der Waals surface area contributed by atoms with Crippen LogP contribution in [0.15, 0.2) is 340 Å². The molecule has 130 heavy (non-hydrogen) atoms. The summed E-state index contributed by atoms with van der Waals surface area (Å²) < 4.78 is 213. The number of nitrogens with zero attached hydrogens (tertiary/aromatic N) is 8. The third-order valence-corrected chi connectivity index (χ3v) is 27.7. The molecule has 16 heteroatoms. The third kappa shape index (κ3) is 35.2. The Kier molecular flexibility index (Phi) is 31.3. The van der Waals surface area contributed by atoms with E-state index in [1.807, 2.05) is 116 Å². The maximum absolute atomic E-state index is 7.86. The standard InChI is InChI=1S/C19H24NSi.C18H24NSi.C17H22NSi.C16H20NSi.4C11H8N.4Ir/c1-21(2,3)19-14-20-18(16-11-5-4-6-12-16)13-17(19)15-9-7-8-10-15;1-14(2)11-16-12-17(15-9-7-6-8-10-15)19-13-18(16)20(3,4)5;1-13(2)15-11-16(14-9-7-6-8-10-14)18-12-17(15)19(3,4)5;1-5-13-11-15(14-9-7-6-8-10-14)17-12-16(13)18(2,3)4;4*1-2-6-10(7-3-1)11-8-4-5-9-12-11;;;;/h4-6,11,13-15H,7-10H2,1-3H3;6-9,12-14H,11H2,1-5H3;6-9,11-13H,1-5H3;6-9,11-12H,5H2,1-4H3;4*1-6,8-9H;;;;/q8*-1;;;;/i4D,5D,6D;3*6D,7D,8D;2*1D,2D,3D,4D,5D,6D,8D,9D;;;;;;. The van der Waals surface area contributed by atoms with Crippen LogP contribution >= 0.6 is 0 Å². The summed E-state index contributed by atoms with van der Waals surface area (Å²) in [5.74, 6) is 1.55. The van der Waals surface area contributed by atoms with E-state index in [0.29, 0.717) is 40.0 Å². The number of hydrogen-bond acceptors (Lipinski definition) is 8. The molecule has 16 aromatic rings. The summed E-state index contributed by atoms with van der Waals surface area (Å²) in [6.07, 6.45) is 17.4. The van der Waals surface area contributed by atoms with Gasteiger partial charge in [-0.2, -0.15) is 0 Å². The fraction of sp³-hybridized carbons (Fsp3) is 0.228. The summed E-state index contributed by atoms with van der Waals surface area (Å²) >= 11 is 0. The van der Waals surface area contributed by atoms with Crippen molar-refractivity contribution in [1.29, 1.82) is 0 Å². The Labute approximate surface area is 875 Å². The molecule has 0 aliphatic heterocycles. The first-order valence-corrected chi connectivity index (χ1v) is 55.8. The minimum absolute atomic E-state index is 0. The van der Waals surface area contributed by atoms with Crippen LogP contribution in [0.1, 0.15) is 133 Å². The van der Waals surface area contributed by atoms with Crippen molar-refractivity contribution >= 4 is 53.0 Å². The fourth-order valence-corrected chi connectivity index (χ4v) is 19.9. The molecule has 8 heterocycles. The molecule has 8 aromatic heterocycles. The average Bonchev–Trinajstić information content (AvgIpc) is 0.785. The van der Waals surface area contributed by atoms with E-state index in [9.17, 15) is 0 Å². The molecule has 4 radical (unpaired) electrons. The van der Waals surface area contributed by atoms with Crippen molar-refractivity contribution in [2.75, 3.05) is 0 Å². The van der Waals surface area contributed by atoms with Crippen LogP contribution in [0.2, 0.25) is 78.6 Å². The molecule has 1 aliphatic rings. The van der Waals surface area contributed by atoms with Crippen LogP contribution < -0.4 is 20.7 Å². The van der Waals surface area contributed by atoms with Crippen molar-refractivity contribution < 1.29 is 119 Å². The molecule has 1 fully saturated rings. The van der Waals surface area contributed by atoms with Gasteiger partial charge in [0.2, 0.25) is 0 Å². The first-order valence-electron chi connectivity index (χ1n) is 55.8. The van der Waals surface area contributed by atoms with Crippen molar-refractivity contribution in [3.8, 4) is 90.1 Å². The number of benzene rings is 8. The number of aryl methyl sites for hydroxylation is 1. The Morgan fingerprint density at radius 1 is 0.323 bits per heavy atom. The Morgan fingerprint density at radius 3 is 1.03 bits per heavy atom. The molecule has 0 saturated heterocycles. The molecule has 0 amide bonds. The monoisotopic (exact) mass is 2510 g/mol. The van der Waals surface area contributed by atoms with E-state index in [1.165, 1.54) is 68.7 Å². The molecule has 17 rings (SSSR count). The van der Waals surface area contributed by atoms with Crippen molar-refractivity contribution in [3.63, 3.8) is 0 Å². The van der Waals surface area contributed by atoms with Crippen molar-refractivity contribution in [2.24, 2.45) is 5.92 Å². The van der Waals surface area contributed by atoms with Gasteiger partial charge in [0.05, 0.1) is 43.3 Å². The number of aromatic nitrogens is 8. The quantitative estimate of drug-likeness (QED) is 0.0656. The fourth-order valence-electron chi connectivity index (χ4n) is 13.3. The van der Waals surface area contributed by atoms with Gasteiger partial charge in [0.25, 0.3) is 0 Å².